The van der Waals surface area contributed by atoms with Crippen LogP contribution in [0.4, 0.5) is 0 Å². The van der Waals surface area contributed by atoms with Crippen molar-refractivity contribution in [2.24, 2.45) is 11.8 Å². The van der Waals surface area contributed by atoms with Crippen LogP contribution in [0.2, 0.25) is 0 Å². The van der Waals surface area contributed by atoms with Gasteiger partial charge in [0.2, 0.25) is 0 Å². The van der Waals surface area contributed by atoms with Gasteiger partial charge in [-0.25, -0.2) is 0 Å². The molecule has 1 aromatic rings. The molecule has 5 nitrogen and oxygen atoms in total. The number of aliphatic hydroxyl groups excluding tert-OH is 1. The minimum absolute atomic E-state index is 0.0461. The molecule has 2 saturated carbocycles. The van der Waals surface area contributed by atoms with Crippen molar-refractivity contribution in [2.45, 2.75) is 64.0 Å². The summed E-state index contributed by atoms with van der Waals surface area (Å²) in [6.07, 6.45) is 9.44. The fraction of sp³-hybridized carbons (Fsp3) is 0.875. The van der Waals surface area contributed by atoms with Crippen LogP contribution in [0.5, 0.6) is 0 Å². The maximum atomic E-state index is 9.45. The Hall–Kier alpha value is -0.940. The molecule has 2 aliphatic carbocycles. The van der Waals surface area contributed by atoms with Crippen LogP contribution in [0.25, 0.3) is 0 Å². The summed E-state index contributed by atoms with van der Waals surface area (Å²) in [4.78, 5) is 0. The van der Waals surface area contributed by atoms with Crippen LogP contribution >= 0.6 is 0 Å². The molecule has 118 valence electrons. The fourth-order valence-electron chi connectivity index (χ4n) is 4.30. The fourth-order valence-corrected chi connectivity index (χ4v) is 4.30. The van der Waals surface area contributed by atoms with Crippen LogP contribution in [0.3, 0.4) is 0 Å². The number of hydrogen-bond donors (Lipinski definition) is 1. The minimum atomic E-state index is -0.0461. The van der Waals surface area contributed by atoms with Crippen molar-refractivity contribution in [3.63, 3.8) is 0 Å². The molecule has 0 aromatic carbocycles. The van der Waals surface area contributed by atoms with E-state index in [-0.39, 0.29) is 6.61 Å². The molecule has 3 atom stereocenters. The van der Waals surface area contributed by atoms with Gasteiger partial charge in [0.15, 0.2) is 5.82 Å². The lowest BCUT2D eigenvalue weighted by atomic mass is 9.67. The SMILES string of the molecule is COCCn1c(CO)nnc1C1CCC2CCCCC2C1. The lowest BCUT2D eigenvalue weighted by Crippen LogP contribution is -2.28. The Morgan fingerprint density at radius 3 is 2.71 bits per heavy atom. The maximum absolute atomic E-state index is 9.45. The number of ether oxygens (including phenoxy) is 1. The van der Waals surface area contributed by atoms with E-state index in [1.165, 1.54) is 44.9 Å². The molecule has 0 saturated heterocycles. The first-order valence-corrected chi connectivity index (χ1v) is 8.35. The molecule has 1 aromatic heterocycles. The second kappa shape index (κ2) is 6.88. The monoisotopic (exact) mass is 293 g/mol. The summed E-state index contributed by atoms with van der Waals surface area (Å²) in [6.45, 7) is 1.33. The molecule has 1 N–H and O–H groups in total. The first-order chi connectivity index (χ1) is 10.3. The van der Waals surface area contributed by atoms with Gasteiger partial charge in [0.1, 0.15) is 12.4 Å². The molecule has 0 radical (unpaired) electrons. The van der Waals surface area contributed by atoms with E-state index in [0.29, 0.717) is 18.3 Å². The predicted octanol–water partition coefficient (Wildman–Crippen LogP) is 2.49. The van der Waals surface area contributed by atoms with Gasteiger partial charge in [-0.3, -0.25) is 0 Å². The molecule has 1 heterocycles. The van der Waals surface area contributed by atoms with Crippen molar-refractivity contribution >= 4 is 0 Å². The van der Waals surface area contributed by atoms with Crippen molar-refractivity contribution in [1.29, 1.82) is 0 Å². The molecule has 2 aliphatic rings. The van der Waals surface area contributed by atoms with Gasteiger partial charge in [-0.05, 0) is 31.1 Å². The van der Waals surface area contributed by atoms with Crippen molar-refractivity contribution in [2.75, 3.05) is 13.7 Å². The van der Waals surface area contributed by atoms with E-state index in [4.69, 9.17) is 4.74 Å². The van der Waals surface area contributed by atoms with E-state index in [2.05, 4.69) is 14.8 Å². The van der Waals surface area contributed by atoms with Gasteiger partial charge < -0.3 is 14.4 Å². The second-order valence-corrected chi connectivity index (χ2v) is 6.59. The summed E-state index contributed by atoms with van der Waals surface area (Å²) in [5, 5.41) is 18.0. The Balaban J connectivity index is 1.75. The Morgan fingerprint density at radius 2 is 1.95 bits per heavy atom. The molecular formula is C16H27N3O2. The quantitative estimate of drug-likeness (QED) is 0.906. The van der Waals surface area contributed by atoms with Gasteiger partial charge in [0.25, 0.3) is 0 Å². The van der Waals surface area contributed by atoms with Gasteiger partial charge in [-0.15, -0.1) is 10.2 Å². The van der Waals surface area contributed by atoms with E-state index in [1.807, 2.05) is 0 Å². The van der Waals surface area contributed by atoms with Crippen LogP contribution < -0.4 is 0 Å². The summed E-state index contributed by atoms with van der Waals surface area (Å²) < 4.78 is 7.27. The molecule has 21 heavy (non-hydrogen) atoms. The number of rotatable bonds is 5. The number of hydrogen-bond acceptors (Lipinski definition) is 4. The Labute approximate surface area is 126 Å². The second-order valence-electron chi connectivity index (χ2n) is 6.59. The van der Waals surface area contributed by atoms with Crippen LogP contribution in [0.15, 0.2) is 0 Å². The zero-order chi connectivity index (χ0) is 14.7. The van der Waals surface area contributed by atoms with Gasteiger partial charge in [0.05, 0.1) is 6.61 Å². The zero-order valence-electron chi connectivity index (χ0n) is 13.0. The number of aliphatic hydroxyl groups is 1. The third kappa shape index (κ3) is 3.14. The van der Waals surface area contributed by atoms with Crippen molar-refractivity contribution in [1.82, 2.24) is 14.8 Å². The first kappa shape index (κ1) is 15.0. The van der Waals surface area contributed by atoms with E-state index < -0.39 is 0 Å². The third-order valence-electron chi connectivity index (χ3n) is 5.42. The maximum Gasteiger partial charge on any atom is 0.158 e. The molecule has 2 fully saturated rings. The van der Waals surface area contributed by atoms with E-state index >= 15 is 0 Å². The molecule has 5 heteroatoms. The van der Waals surface area contributed by atoms with E-state index in [0.717, 1.165) is 24.2 Å². The first-order valence-electron chi connectivity index (χ1n) is 8.35. The Morgan fingerprint density at radius 1 is 1.14 bits per heavy atom. The summed E-state index contributed by atoms with van der Waals surface area (Å²) in [6, 6.07) is 0. The average Bonchev–Trinajstić information content (AvgIpc) is 2.95. The normalized spacial score (nSPS) is 29.3. The molecule has 3 rings (SSSR count). The molecule has 0 spiro atoms. The van der Waals surface area contributed by atoms with Crippen LogP contribution in [-0.4, -0.2) is 33.6 Å². The lowest BCUT2D eigenvalue weighted by molar-refractivity contribution is 0.148. The van der Waals surface area contributed by atoms with Crippen molar-refractivity contribution in [3.05, 3.63) is 11.6 Å². The molecular weight excluding hydrogens is 266 g/mol. The highest BCUT2D eigenvalue weighted by Crippen LogP contribution is 2.45. The lowest BCUT2D eigenvalue weighted by Gasteiger charge is -2.39. The van der Waals surface area contributed by atoms with Crippen molar-refractivity contribution < 1.29 is 9.84 Å². The van der Waals surface area contributed by atoms with Crippen LogP contribution in [0, 0.1) is 11.8 Å². The highest BCUT2D eigenvalue weighted by molar-refractivity contribution is 5.05. The smallest absolute Gasteiger partial charge is 0.158 e. The van der Waals surface area contributed by atoms with Gasteiger partial charge in [-0.1, -0.05) is 25.7 Å². The minimum Gasteiger partial charge on any atom is -0.388 e. The number of methoxy groups -OCH3 is 1. The summed E-state index contributed by atoms with van der Waals surface area (Å²) >= 11 is 0. The van der Waals surface area contributed by atoms with Gasteiger partial charge >= 0.3 is 0 Å². The zero-order valence-corrected chi connectivity index (χ0v) is 13.0. The largest absolute Gasteiger partial charge is 0.388 e. The molecule has 0 amide bonds. The number of nitrogens with zero attached hydrogens (tertiary/aromatic N) is 3. The van der Waals surface area contributed by atoms with Gasteiger partial charge in [-0.2, -0.15) is 0 Å². The van der Waals surface area contributed by atoms with Crippen molar-refractivity contribution in [3.8, 4) is 0 Å². The van der Waals surface area contributed by atoms with Gasteiger partial charge in [0, 0.05) is 19.6 Å². The van der Waals surface area contributed by atoms with Crippen LogP contribution in [-0.2, 0) is 17.9 Å². The summed E-state index contributed by atoms with van der Waals surface area (Å²) in [5.74, 6) is 4.08. The van der Waals surface area contributed by atoms with E-state index in [9.17, 15) is 5.11 Å². The predicted molar refractivity (Wildman–Crippen MR) is 79.9 cm³/mol. The number of fused-ring (bicyclic) bond motifs is 1. The Bertz CT molecular complexity index is 460. The summed E-state index contributed by atoms with van der Waals surface area (Å²) in [5.41, 5.74) is 0. The summed E-state index contributed by atoms with van der Waals surface area (Å²) in [7, 11) is 1.70. The third-order valence-corrected chi connectivity index (χ3v) is 5.42. The van der Waals surface area contributed by atoms with Crippen LogP contribution in [0.1, 0.15) is 62.5 Å². The highest BCUT2D eigenvalue weighted by atomic mass is 16.5. The molecule has 0 bridgehead atoms. The Kier molecular flexibility index (Phi) is 4.91. The standard InChI is InChI=1S/C16H27N3O2/c1-21-9-8-19-15(11-20)17-18-16(19)14-7-6-12-4-2-3-5-13(12)10-14/h12-14,20H,2-11H2,1H3. The van der Waals surface area contributed by atoms with E-state index in [1.54, 1.807) is 7.11 Å². The average molecular weight is 293 g/mol. The highest BCUT2D eigenvalue weighted by Gasteiger charge is 2.34. The molecule has 3 unspecified atom stereocenters. The topological polar surface area (TPSA) is 60.2 Å². The number of aromatic nitrogens is 3. The molecule has 0 aliphatic heterocycles.